The molecule has 18 heteroatoms. The molecule has 0 aromatic heterocycles. The minimum atomic E-state index is -4.93. The second-order valence-electron chi connectivity index (χ2n) is 21.9. The summed E-state index contributed by atoms with van der Waals surface area (Å²) in [6, 6.07) is 0. The molecule has 0 radical (unpaired) electrons. The SMILES string of the molecule is CC/C=C\C/C=C\C/C=C\C/C=C\C/C=C\C/C=C\CCCCCCC(=O)OCC(O)COP(=O)(O)OCC(O)COP(=O)(O)OCC(COC(=O)CCCCCCC/C=C\CCCCCCCC)OC(=O)CCCCCCC/C=C\C/C=C\CCC. The first-order valence-corrected chi connectivity index (χ1v) is 36.2. The summed E-state index contributed by atoms with van der Waals surface area (Å²) in [5.41, 5.74) is 0. The van der Waals surface area contributed by atoms with Crippen molar-refractivity contribution in [3.05, 3.63) is 109 Å². The number of hydrogen-bond acceptors (Lipinski definition) is 14. The Morgan fingerprint density at radius 1 is 0.333 bits per heavy atom. The molecular formula is C69H118O16P2. The number of aliphatic hydroxyl groups excluding tert-OH is 2. The van der Waals surface area contributed by atoms with Gasteiger partial charge in [-0.1, -0.05) is 220 Å². The summed E-state index contributed by atoms with van der Waals surface area (Å²) in [5.74, 6) is -1.63. The number of unbranched alkanes of at least 4 members (excludes halogenated alkanes) is 21. The Morgan fingerprint density at radius 2 is 0.632 bits per heavy atom. The molecular weight excluding hydrogens is 1150 g/mol. The molecule has 0 saturated carbocycles. The fourth-order valence-electron chi connectivity index (χ4n) is 8.37. The normalized spacial score (nSPS) is 15.0. The Labute approximate surface area is 526 Å². The van der Waals surface area contributed by atoms with E-state index in [1.807, 2.05) is 0 Å². The van der Waals surface area contributed by atoms with Crippen molar-refractivity contribution in [3.8, 4) is 0 Å². The van der Waals surface area contributed by atoms with E-state index >= 15 is 0 Å². The van der Waals surface area contributed by atoms with Crippen molar-refractivity contribution < 1.29 is 75.8 Å². The van der Waals surface area contributed by atoms with Gasteiger partial charge in [0.2, 0.25) is 0 Å². The zero-order chi connectivity index (χ0) is 63.8. The van der Waals surface area contributed by atoms with E-state index in [1.165, 1.54) is 38.5 Å². The van der Waals surface area contributed by atoms with Gasteiger partial charge in [0.05, 0.1) is 26.4 Å². The summed E-state index contributed by atoms with van der Waals surface area (Å²) in [6.07, 6.45) is 68.6. The summed E-state index contributed by atoms with van der Waals surface area (Å²) in [6.45, 7) is 2.41. The maximum absolute atomic E-state index is 12.9. The van der Waals surface area contributed by atoms with E-state index in [1.54, 1.807) is 0 Å². The summed E-state index contributed by atoms with van der Waals surface area (Å²) in [7, 11) is -9.78. The van der Waals surface area contributed by atoms with Crippen molar-refractivity contribution in [1.82, 2.24) is 0 Å². The van der Waals surface area contributed by atoms with Crippen LogP contribution in [0.4, 0.5) is 0 Å². The fourth-order valence-corrected chi connectivity index (χ4v) is 9.95. The predicted molar refractivity (Wildman–Crippen MR) is 353 cm³/mol. The zero-order valence-electron chi connectivity index (χ0n) is 53.9. The highest BCUT2D eigenvalue weighted by atomic mass is 31.2. The van der Waals surface area contributed by atoms with Crippen LogP contribution < -0.4 is 0 Å². The zero-order valence-corrected chi connectivity index (χ0v) is 55.7. The van der Waals surface area contributed by atoms with Gasteiger partial charge in [0.25, 0.3) is 0 Å². The van der Waals surface area contributed by atoms with Gasteiger partial charge in [-0.2, -0.15) is 0 Å². The number of rotatable bonds is 62. The molecule has 0 saturated heterocycles. The van der Waals surface area contributed by atoms with Crippen molar-refractivity contribution in [2.45, 2.75) is 270 Å². The van der Waals surface area contributed by atoms with Crippen LogP contribution in [-0.4, -0.2) is 95.9 Å². The van der Waals surface area contributed by atoms with Gasteiger partial charge in [-0.05, 0) is 122 Å². The number of hydrogen-bond donors (Lipinski definition) is 4. The second kappa shape index (κ2) is 62.4. The van der Waals surface area contributed by atoms with E-state index in [2.05, 4.69) is 130 Å². The topological polar surface area (TPSA) is 231 Å². The van der Waals surface area contributed by atoms with Crippen LogP contribution >= 0.6 is 15.6 Å². The van der Waals surface area contributed by atoms with Crippen molar-refractivity contribution in [3.63, 3.8) is 0 Å². The van der Waals surface area contributed by atoms with Crippen LogP contribution in [0.1, 0.15) is 252 Å². The average molecular weight is 1270 g/mol. The van der Waals surface area contributed by atoms with Crippen LogP contribution in [0.2, 0.25) is 0 Å². The molecule has 0 aromatic rings. The number of phosphoric acid groups is 2. The van der Waals surface area contributed by atoms with Crippen molar-refractivity contribution in [2.75, 3.05) is 39.6 Å². The largest absolute Gasteiger partial charge is 0.472 e. The number of allylic oxidation sites excluding steroid dienone is 18. The third kappa shape index (κ3) is 63.6. The van der Waals surface area contributed by atoms with Gasteiger partial charge in [-0.3, -0.25) is 32.5 Å². The van der Waals surface area contributed by atoms with Gasteiger partial charge in [0, 0.05) is 19.3 Å². The summed E-state index contributed by atoms with van der Waals surface area (Å²) in [4.78, 5) is 58.2. The predicted octanol–water partition coefficient (Wildman–Crippen LogP) is 18.1. The van der Waals surface area contributed by atoms with Crippen molar-refractivity contribution in [2.24, 2.45) is 0 Å². The van der Waals surface area contributed by atoms with Gasteiger partial charge in [-0.15, -0.1) is 0 Å². The third-order valence-electron chi connectivity index (χ3n) is 13.4. The molecule has 0 aliphatic carbocycles. The first kappa shape index (κ1) is 83.2. The average Bonchev–Trinajstić information content (AvgIpc) is 3.63. The van der Waals surface area contributed by atoms with Crippen LogP contribution in [-0.2, 0) is 55.8 Å². The first-order chi connectivity index (χ1) is 42.2. The lowest BCUT2D eigenvalue weighted by molar-refractivity contribution is -0.161. The van der Waals surface area contributed by atoms with Crippen LogP contribution in [0.25, 0.3) is 0 Å². The number of aliphatic hydroxyl groups is 2. The third-order valence-corrected chi connectivity index (χ3v) is 15.3. The summed E-state index contributed by atoms with van der Waals surface area (Å²) in [5, 5.41) is 20.5. The van der Waals surface area contributed by atoms with Gasteiger partial charge >= 0.3 is 33.6 Å². The second-order valence-corrected chi connectivity index (χ2v) is 24.8. The van der Waals surface area contributed by atoms with E-state index in [0.29, 0.717) is 19.3 Å². The molecule has 0 heterocycles. The Morgan fingerprint density at radius 3 is 1.02 bits per heavy atom. The molecule has 4 N–H and O–H groups in total. The van der Waals surface area contributed by atoms with Crippen molar-refractivity contribution in [1.29, 1.82) is 0 Å². The van der Waals surface area contributed by atoms with Crippen LogP contribution in [0.15, 0.2) is 109 Å². The number of carbonyl (C=O) groups is 3. The van der Waals surface area contributed by atoms with Gasteiger partial charge in [0.15, 0.2) is 6.10 Å². The lowest BCUT2D eigenvalue weighted by atomic mass is 10.1. The highest BCUT2D eigenvalue weighted by molar-refractivity contribution is 7.47. The molecule has 0 aliphatic rings. The standard InChI is InChI=1S/C69H118O16P2/c1-4-7-10-13-16-19-22-25-27-28-29-30-31-32-33-34-36-39-40-43-46-49-52-55-67(72)79-58-64(70)59-81-86(75,76)82-60-65(71)61-83-87(77,78)84-63-66(85-69(74)57-54-51-48-45-42-37-24-21-18-15-12-9-6-3)62-80-68(73)56-53-50-47-44-41-38-35-26-23-20-17-14-11-8-5-2/h7,10,12,15-16,19,21,24-27,29-30,32-33,35-36,39,64-66,70-71H,4-6,8-9,11,13-14,17-18,20,22-23,28,31,34,37-38,40-63H2,1-3H3,(H,75,76)(H,77,78)/b10-7-,15-12-,19-16-,24-21-,27-25-,30-29-,33-32-,35-26-,39-36-. The minimum Gasteiger partial charge on any atom is -0.463 e. The molecule has 5 unspecified atom stereocenters. The Kier molecular flexibility index (Phi) is 59.7. The smallest absolute Gasteiger partial charge is 0.463 e. The lowest BCUT2D eigenvalue weighted by Gasteiger charge is -2.21. The molecule has 5 atom stereocenters. The number of ether oxygens (including phenoxy) is 3. The molecule has 0 aliphatic heterocycles. The van der Waals surface area contributed by atoms with E-state index < -0.39 is 91.5 Å². The monoisotopic (exact) mass is 1260 g/mol. The van der Waals surface area contributed by atoms with Crippen LogP contribution in [0, 0.1) is 0 Å². The molecule has 0 rings (SSSR count). The van der Waals surface area contributed by atoms with E-state index in [0.717, 1.165) is 154 Å². The van der Waals surface area contributed by atoms with E-state index in [4.69, 9.17) is 32.3 Å². The molecule has 0 amide bonds. The molecule has 0 fully saturated rings. The number of esters is 3. The summed E-state index contributed by atoms with van der Waals surface area (Å²) >= 11 is 0. The van der Waals surface area contributed by atoms with Gasteiger partial charge < -0.3 is 34.2 Å². The van der Waals surface area contributed by atoms with Gasteiger partial charge in [0.1, 0.15) is 25.4 Å². The highest BCUT2D eigenvalue weighted by Gasteiger charge is 2.29. The van der Waals surface area contributed by atoms with Crippen LogP contribution in [0.3, 0.4) is 0 Å². The minimum absolute atomic E-state index is 0.0851. The molecule has 87 heavy (non-hydrogen) atoms. The number of carbonyl (C=O) groups excluding carboxylic acids is 3. The molecule has 0 spiro atoms. The molecule has 16 nitrogen and oxygen atoms in total. The molecule has 0 aromatic carbocycles. The van der Waals surface area contributed by atoms with Crippen LogP contribution in [0.5, 0.6) is 0 Å². The maximum Gasteiger partial charge on any atom is 0.472 e. The summed E-state index contributed by atoms with van der Waals surface area (Å²) < 4.78 is 60.7. The highest BCUT2D eigenvalue weighted by Crippen LogP contribution is 2.45. The number of phosphoric ester groups is 2. The molecule has 0 bridgehead atoms. The Bertz CT molecular complexity index is 2030. The molecule has 500 valence electrons. The Balaban J connectivity index is 4.62. The Hall–Kier alpha value is -3.79. The quantitative estimate of drug-likeness (QED) is 0.0146. The fraction of sp³-hybridized carbons (Fsp3) is 0.696. The lowest BCUT2D eigenvalue weighted by Crippen LogP contribution is -2.30. The van der Waals surface area contributed by atoms with Crippen molar-refractivity contribution >= 4 is 33.6 Å². The van der Waals surface area contributed by atoms with Gasteiger partial charge in [-0.25, -0.2) is 9.13 Å². The van der Waals surface area contributed by atoms with E-state index in [9.17, 15) is 43.5 Å². The maximum atomic E-state index is 12.9. The van der Waals surface area contributed by atoms with E-state index in [-0.39, 0.29) is 19.3 Å². The first-order valence-electron chi connectivity index (χ1n) is 33.2.